The topological polar surface area (TPSA) is 110 Å². The van der Waals surface area contributed by atoms with Gasteiger partial charge in [-0.15, -0.1) is 0 Å². The van der Waals surface area contributed by atoms with Gasteiger partial charge in [-0.1, -0.05) is 30.3 Å². The van der Waals surface area contributed by atoms with E-state index in [2.05, 4.69) is 0 Å². The molecule has 1 aromatic carbocycles. The Morgan fingerprint density at radius 3 is 2.10 bits per heavy atom. The summed E-state index contributed by atoms with van der Waals surface area (Å²) in [5.74, 6) is -2.59. The molecule has 0 aliphatic rings. The van der Waals surface area contributed by atoms with Crippen LogP contribution >= 0.6 is 0 Å². The smallest absolute Gasteiger partial charge is 0.335 e. The standard InChI is InChI=1S/C14H19NO5/c1-13(2,3)20-12(19)14(15,10(16)11(17)18)9-7-5-4-6-8-9/h4-8,10,16H,15H2,1-3H3,(H,17,18). The number of nitrogens with two attached hydrogens (primary N) is 1. The molecule has 2 unspecified atom stereocenters. The zero-order chi connectivity index (χ0) is 15.6. The van der Waals surface area contributed by atoms with Gasteiger partial charge in [-0.05, 0) is 26.3 Å². The van der Waals surface area contributed by atoms with E-state index in [-0.39, 0.29) is 5.56 Å². The van der Waals surface area contributed by atoms with E-state index in [9.17, 15) is 14.7 Å². The number of benzene rings is 1. The van der Waals surface area contributed by atoms with Gasteiger partial charge in [0.25, 0.3) is 0 Å². The predicted molar refractivity (Wildman–Crippen MR) is 71.8 cm³/mol. The van der Waals surface area contributed by atoms with Crippen molar-refractivity contribution < 1.29 is 24.5 Å². The maximum absolute atomic E-state index is 12.3. The largest absolute Gasteiger partial charge is 0.479 e. The van der Waals surface area contributed by atoms with Gasteiger partial charge in [0, 0.05) is 0 Å². The van der Waals surface area contributed by atoms with Crippen LogP contribution in [0.25, 0.3) is 0 Å². The highest BCUT2D eigenvalue weighted by atomic mass is 16.6. The highest BCUT2D eigenvalue weighted by Crippen LogP contribution is 2.26. The van der Waals surface area contributed by atoms with Gasteiger partial charge in [-0.3, -0.25) is 0 Å². The van der Waals surface area contributed by atoms with Crippen molar-refractivity contribution in [2.24, 2.45) is 5.73 Å². The fourth-order valence-corrected chi connectivity index (χ4v) is 1.66. The first-order valence-electron chi connectivity index (χ1n) is 6.08. The Morgan fingerprint density at radius 2 is 1.70 bits per heavy atom. The third kappa shape index (κ3) is 3.34. The number of aliphatic carboxylic acids is 1. The van der Waals surface area contributed by atoms with E-state index in [1.54, 1.807) is 39.0 Å². The second-order valence-corrected chi connectivity index (χ2v) is 5.48. The number of carboxylic acid groups (broad SMARTS) is 1. The van der Waals surface area contributed by atoms with E-state index in [0.717, 1.165) is 0 Å². The summed E-state index contributed by atoms with van der Waals surface area (Å²) in [6, 6.07) is 7.81. The molecular weight excluding hydrogens is 262 g/mol. The predicted octanol–water partition coefficient (Wildman–Crippen LogP) is 0.628. The number of carbonyl (C=O) groups excluding carboxylic acids is 1. The highest BCUT2D eigenvalue weighted by molar-refractivity contribution is 5.90. The normalized spacial score (nSPS) is 16.1. The Hall–Kier alpha value is -1.92. The van der Waals surface area contributed by atoms with Crippen LogP contribution in [0.2, 0.25) is 0 Å². The number of hydrogen-bond acceptors (Lipinski definition) is 5. The molecule has 110 valence electrons. The van der Waals surface area contributed by atoms with Gasteiger partial charge >= 0.3 is 11.9 Å². The van der Waals surface area contributed by atoms with Crippen LogP contribution in [-0.2, 0) is 19.9 Å². The van der Waals surface area contributed by atoms with Crippen molar-refractivity contribution in [2.75, 3.05) is 0 Å². The highest BCUT2D eigenvalue weighted by Gasteiger charge is 2.49. The van der Waals surface area contributed by atoms with Crippen molar-refractivity contribution in [1.82, 2.24) is 0 Å². The van der Waals surface area contributed by atoms with Crippen LogP contribution in [0.1, 0.15) is 26.3 Å². The molecule has 0 radical (unpaired) electrons. The lowest BCUT2D eigenvalue weighted by atomic mass is 9.85. The second-order valence-electron chi connectivity index (χ2n) is 5.48. The van der Waals surface area contributed by atoms with Crippen molar-refractivity contribution in [3.05, 3.63) is 35.9 Å². The molecule has 0 spiro atoms. The number of esters is 1. The van der Waals surface area contributed by atoms with Crippen molar-refractivity contribution in [3.63, 3.8) is 0 Å². The Kier molecular flexibility index (Phi) is 4.52. The summed E-state index contributed by atoms with van der Waals surface area (Å²) >= 11 is 0. The number of carbonyl (C=O) groups is 2. The van der Waals surface area contributed by atoms with Gasteiger partial charge in [0.05, 0.1) is 0 Å². The fraction of sp³-hybridized carbons (Fsp3) is 0.429. The summed E-state index contributed by atoms with van der Waals surface area (Å²) in [6.07, 6.45) is -2.11. The number of aliphatic hydroxyl groups excluding tert-OH is 1. The molecule has 0 saturated carbocycles. The lowest BCUT2D eigenvalue weighted by Crippen LogP contribution is -2.59. The molecule has 6 nitrogen and oxygen atoms in total. The molecule has 1 aromatic rings. The van der Waals surface area contributed by atoms with Crippen molar-refractivity contribution >= 4 is 11.9 Å². The van der Waals surface area contributed by atoms with Gasteiger partial charge in [-0.2, -0.15) is 0 Å². The summed E-state index contributed by atoms with van der Waals surface area (Å²) in [6.45, 7) is 4.89. The summed E-state index contributed by atoms with van der Waals surface area (Å²) in [5.41, 5.74) is 3.06. The zero-order valence-electron chi connectivity index (χ0n) is 11.7. The van der Waals surface area contributed by atoms with E-state index in [1.807, 2.05) is 0 Å². The van der Waals surface area contributed by atoms with Gasteiger partial charge in [0.2, 0.25) is 0 Å². The minimum absolute atomic E-state index is 0.171. The summed E-state index contributed by atoms with van der Waals surface area (Å²) < 4.78 is 5.14. The Bertz CT molecular complexity index is 494. The quantitative estimate of drug-likeness (QED) is 0.698. The average Bonchev–Trinajstić information content (AvgIpc) is 2.35. The van der Waals surface area contributed by atoms with E-state index in [1.165, 1.54) is 12.1 Å². The molecule has 0 bridgehead atoms. The number of aliphatic hydroxyl groups is 1. The maximum atomic E-state index is 12.3. The molecule has 0 aromatic heterocycles. The number of ether oxygens (including phenoxy) is 1. The van der Waals surface area contributed by atoms with Gasteiger partial charge in [0.15, 0.2) is 11.6 Å². The van der Waals surface area contributed by atoms with E-state index in [4.69, 9.17) is 15.6 Å². The summed E-state index contributed by atoms with van der Waals surface area (Å²) in [5, 5.41) is 18.8. The van der Waals surface area contributed by atoms with E-state index >= 15 is 0 Å². The minimum Gasteiger partial charge on any atom is -0.479 e. The molecule has 4 N–H and O–H groups in total. The Balaban J connectivity index is 3.28. The molecule has 0 saturated heterocycles. The molecule has 0 fully saturated rings. The van der Waals surface area contributed by atoms with Crippen LogP contribution in [0, 0.1) is 0 Å². The minimum atomic E-state index is -2.17. The third-order valence-electron chi connectivity index (χ3n) is 2.65. The van der Waals surface area contributed by atoms with Crippen LogP contribution in [0.3, 0.4) is 0 Å². The van der Waals surface area contributed by atoms with Crippen molar-refractivity contribution in [2.45, 2.75) is 38.0 Å². The number of rotatable bonds is 4. The Morgan fingerprint density at radius 1 is 1.20 bits per heavy atom. The first-order valence-corrected chi connectivity index (χ1v) is 6.08. The van der Waals surface area contributed by atoms with Crippen molar-refractivity contribution in [1.29, 1.82) is 0 Å². The summed E-state index contributed by atoms with van der Waals surface area (Å²) in [4.78, 5) is 23.3. The van der Waals surface area contributed by atoms with Gasteiger partial charge in [-0.25, -0.2) is 9.59 Å². The third-order valence-corrected chi connectivity index (χ3v) is 2.65. The summed E-state index contributed by atoms with van der Waals surface area (Å²) in [7, 11) is 0. The van der Waals surface area contributed by atoms with Crippen LogP contribution in [-0.4, -0.2) is 33.9 Å². The monoisotopic (exact) mass is 281 g/mol. The zero-order valence-corrected chi connectivity index (χ0v) is 11.7. The molecular formula is C14H19NO5. The van der Waals surface area contributed by atoms with Gasteiger partial charge < -0.3 is 20.7 Å². The first kappa shape index (κ1) is 16.1. The fourth-order valence-electron chi connectivity index (χ4n) is 1.66. The molecule has 0 aliphatic heterocycles. The van der Waals surface area contributed by atoms with Crippen molar-refractivity contribution in [3.8, 4) is 0 Å². The lowest BCUT2D eigenvalue weighted by molar-refractivity contribution is -0.174. The molecule has 6 heteroatoms. The molecule has 1 rings (SSSR count). The SMILES string of the molecule is CC(C)(C)OC(=O)C(N)(c1ccccc1)C(O)C(=O)O. The molecule has 0 amide bonds. The number of hydrogen-bond donors (Lipinski definition) is 3. The lowest BCUT2D eigenvalue weighted by Gasteiger charge is -2.33. The number of carboxylic acids is 1. The van der Waals surface area contributed by atoms with Crippen LogP contribution in [0.5, 0.6) is 0 Å². The van der Waals surface area contributed by atoms with Crippen LogP contribution < -0.4 is 5.73 Å². The van der Waals surface area contributed by atoms with Crippen LogP contribution in [0.15, 0.2) is 30.3 Å². The van der Waals surface area contributed by atoms with E-state index < -0.39 is 29.2 Å². The first-order chi connectivity index (χ1) is 9.09. The molecule has 2 atom stereocenters. The second kappa shape index (κ2) is 5.60. The molecule has 0 aliphatic carbocycles. The van der Waals surface area contributed by atoms with Crippen LogP contribution in [0.4, 0.5) is 0 Å². The average molecular weight is 281 g/mol. The maximum Gasteiger partial charge on any atom is 0.335 e. The Labute approximate surface area is 117 Å². The molecule has 20 heavy (non-hydrogen) atoms. The van der Waals surface area contributed by atoms with Gasteiger partial charge in [0.1, 0.15) is 5.60 Å². The molecule has 0 heterocycles. The van der Waals surface area contributed by atoms with E-state index in [0.29, 0.717) is 0 Å².